The number of carbonyl (C=O) groups excluding carboxylic acids is 1. The largest absolute Gasteiger partial charge is 0.493 e. The molecule has 168 valence electrons. The highest BCUT2D eigenvalue weighted by atomic mass is 16.5. The Balaban J connectivity index is 2.48. The molecular weight excluding hydrogens is 380 g/mol. The first-order chi connectivity index (χ1) is 22.8. The third-order valence-electron chi connectivity index (χ3n) is 4.55. The van der Waals surface area contributed by atoms with Gasteiger partial charge < -0.3 is 19.9 Å². The highest BCUT2D eigenvalue weighted by molar-refractivity contribution is 5.76. The maximum atomic E-state index is 13.8. The fourth-order valence-corrected chi connectivity index (χ4v) is 3.20. The Morgan fingerprint density at radius 1 is 1.40 bits per heavy atom. The van der Waals surface area contributed by atoms with E-state index in [1.54, 1.807) is 0 Å². The number of nitrogens with two attached hydrogens (primary N) is 1. The van der Waals surface area contributed by atoms with Gasteiger partial charge in [0.25, 0.3) is 0 Å². The van der Waals surface area contributed by atoms with Crippen molar-refractivity contribution in [3.63, 3.8) is 0 Å². The van der Waals surface area contributed by atoms with Gasteiger partial charge >= 0.3 is 5.97 Å². The lowest BCUT2D eigenvalue weighted by atomic mass is 9.79. The number of piperidine rings is 1. The molecule has 30 heavy (non-hydrogen) atoms. The minimum atomic E-state index is -4.21. The molecule has 2 aliphatic rings. The summed E-state index contributed by atoms with van der Waals surface area (Å²) in [6, 6.07) is -8.62. The Morgan fingerprint density at radius 3 is 2.80 bits per heavy atom. The van der Waals surface area contributed by atoms with Crippen LogP contribution in [0, 0.1) is 17.7 Å². The van der Waals surface area contributed by atoms with Crippen molar-refractivity contribution < 1.29 is 49.2 Å². The van der Waals surface area contributed by atoms with E-state index < -0.39 is 137 Å². The van der Waals surface area contributed by atoms with Crippen molar-refractivity contribution in [2.75, 3.05) is 27.1 Å². The van der Waals surface area contributed by atoms with Gasteiger partial charge in [0.05, 0.1) is 27.8 Å². The van der Waals surface area contributed by atoms with Crippen LogP contribution in [0.15, 0.2) is 12.1 Å². The summed E-state index contributed by atoms with van der Waals surface area (Å²) in [4.78, 5) is 14.5. The van der Waals surface area contributed by atoms with E-state index in [-0.39, 0.29) is 0 Å². The van der Waals surface area contributed by atoms with Gasteiger partial charge in [-0.2, -0.15) is 0 Å². The Labute approximate surface area is 211 Å². The van der Waals surface area contributed by atoms with Gasteiger partial charge in [0.1, 0.15) is 12.1 Å². The third kappa shape index (κ3) is 4.75. The van der Waals surface area contributed by atoms with Crippen LogP contribution >= 0.6 is 0 Å². The molecule has 4 atom stereocenters. The minimum absolute atomic E-state index is 0.401. The molecule has 2 aliphatic heterocycles. The van der Waals surface area contributed by atoms with Crippen LogP contribution in [-0.2, 0) is 16.0 Å². The number of nitrogens with zero attached hydrogens (tertiary/aromatic N) is 1. The van der Waals surface area contributed by atoms with Crippen LogP contribution in [0.5, 0.6) is 11.5 Å². The van der Waals surface area contributed by atoms with Crippen molar-refractivity contribution >= 4 is 5.97 Å². The fraction of sp³-hybridized carbons (Fsp3) is 0.708. The molecule has 6 nitrogen and oxygen atoms in total. The average Bonchev–Trinajstić information content (AvgIpc) is 2.92. The van der Waals surface area contributed by atoms with Gasteiger partial charge in [0.2, 0.25) is 0 Å². The maximum absolute atomic E-state index is 13.8. The normalized spacial score (nSPS) is 47.0. The van der Waals surface area contributed by atoms with Crippen molar-refractivity contribution in [2.45, 2.75) is 64.9 Å². The Morgan fingerprint density at radius 2 is 2.13 bits per heavy atom. The lowest BCUT2D eigenvalue weighted by molar-refractivity contribution is -0.160. The van der Waals surface area contributed by atoms with E-state index in [0.717, 1.165) is 0 Å². The molecule has 6 heteroatoms. The smallest absolute Gasteiger partial charge is 0.323 e. The molecule has 0 amide bonds. The highest BCUT2D eigenvalue weighted by Gasteiger charge is 2.41. The molecule has 1 fully saturated rings. The summed E-state index contributed by atoms with van der Waals surface area (Å²) < 4.78 is 196. The molecule has 0 bridgehead atoms. The molecule has 0 saturated carbocycles. The van der Waals surface area contributed by atoms with Crippen LogP contribution in [0.25, 0.3) is 0 Å². The van der Waals surface area contributed by atoms with Crippen LogP contribution in [0.1, 0.15) is 87.7 Å². The van der Waals surface area contributed by atoms with Crippen LogP contribution in [0.3, 0.4) is 0 Å². The van der Waals surface area contributed by atoms with E-state index in [1.807, 2.05) is 0 Å². The predicted octanol–water partition coefficient (Wildman–Crippen LogP) is 3.56. The van der Waals surface area contributed by atoms with Crippen molar-refractivity contribution in [1.29, 1.82) is 0 Å². The first kappa shape index (κ1) is 7.66. The molecule has 3 unspecified atom stereocenters. The van der Waals surface area contributed by atoms with Crippen LogP contribution in [0.2, 0.25) is 0 Å². The fourth-order valence-electron chi connectivity index (χ4n) is 3.20. The van der Waals surface area contributed by atoms with Gasteiger partial charge in [-0.25, -0.2) is 0 Å². The van der Waals surface area contributed by atoms with E-state index in [4.69, 9.17) is 41.9 Å². The lowest BCUT2D eigenvalue weighted by Gasteiger charge is -2.47. The zero-order valence-electron chi connectivity index (χ0n) is 38.4. The van der Waals surface area contributed by atoms with E-state index in [9.17, 15) is 13.0 Å². The second kappa shape index (κ2) is 9.56. The molecular formula is C24H38N2O4. The highest BCUT2D eigenvalue weighted by Crippen LogP contribution is 2.44. The number of benzene rings is 1. The van der Waals surface area contributed by atoms with Crippen molar-refractivity contribution in [2.24, 2.45) is 23.4 Å². The topological polar surface area (TPSA) is 74.0 Å². The molecule has 1 aromatic carbocycles. The maximum Gasteiger partial charge on any atom is 0.323 e. The van der Waals surface area contributed by atoms with Gasteiger partial charge in [0, 0.05) is 47.8 Å². The van der Waals surface area contributed by atoms with E-state index >= 15 is 0 Å². The van der Waals surface area contributed by atoms with Crippen molar-refractivity contribution in [1.82, 2.24) is 4.90 Å². The van der Waals surface area contributed by atoms with Gasteiger partial charge in [-0.1, -0.05) is 27.6 Å². The second-order valence-electron chi connectivity index (χ2n) is 7.19. The van der Waals surface area contributed by atoms with Gasteiger partial charge in [0.15, 0.2) is 11.5 Å². The van der Waals surface area contributed by atoms with Crippen molar-refractivity contribution in [3.05, 3.63) is 23.2 Å². The molecule has 1 aromatic rings. The summed E-state index contributed by atoms with van der Waals surface area (Å²) in [5.74, 6) is -13.0. The molecule has 0 aromatic heterocycles. The Hall–Kier alpha value is -1.79. The van der Waals surface area contributed by atoms with E-state index in [0.29, 0.717) is 4.90 Å². The number of esters is 1. The monoisotopic (exact) mass is 440 g/mol. The SMILES string of the molecule is [2H]c1c2c(c([2H])c(OC([2H])([2H])[2H])c1OC([2H])([2H])[2H])C1N(CC2)C([2H])([2H])C([2H])(CC(C)C)C([2H])(OC(=O)[C@@]([2H])(N)C([2H])(C([2H])([2H])[2H])C([2H])([2H])[2H])C1([2H])[2H]. The Bertz CT molecular complexity index is 1550. The Kier molecular flexibility index (Phi) is 2.44. The summed E-state index contributed by atoms with van der Waals surface area (Å²) in [5.41, 5.74) is 4.50. The molecule has 3 rings (SSSR count). The summed E-state index contributed by atoms with van der Waals surface area (Å²) >= 11 is 0. The summed E-state index contributed by atoms with van der Waals surface area (Å²) in [5, 5.41) is 0. The van der Waals surface area contributed by atoms with Crippen LogP contribution < -0.4 is 15.2 Å². The zero-order chi connectivity index (χ0) is 41.0. The predicted molar refractivity (Wildman–Crippen MR) is 118 cm³/mol. The number of hydrogen-bond acceptors (Lipinski definition) is 6. The first-order valence-corrected chi connectivity index (χ1v) is 9.11. The van der Waals surface area contributed by atoms with Crippen LogP contribution in [0.4, 0.5) is 0 Å². The van der Waals surface area contributed by atoms with Gasteiger partial charge in [-0.3, -0.25) is 9.69 Å². The van der Waals surface area contributed by atoms with E-state index in [1.165, 1.54) is 13.8 Å². The summed E-state index contributed by atoms with van der Waals surface area (Å²) in [6.07, 6.45) is -8.93. The van der Waals surface area contributed by atoms with Gasteiger partial charge in [-0.05, 0) is 47.9 Å². The number of methoxy groups -OCH3 is 2. The third-order valence-corrected chi connectivity index (χ3v) is 4.55. The molecule has 0 aliphatic carbocycles. The number of hydrogen-bond donors (Lipinski definition) is 1. The van der Waals surface area contributed by atoms with E-state index in [2.05, 4.69) is 0 Å². The lowest BCUT2D eigenvalue weighted by Crippen LogP contribution is -2.51. The number of fused-ring (bicyclic) bond motifs is 3. The number of carbonyl (C=O) groups is 1. The zero-order valence-corrected chi connectivity index (χ0v) is 16.4. The minimum Gasteiger partial charge on any atom is -0.493 e. The van der Waals surface area contributed by atoms with Crippen molar-refractivity contribution in [3.8, 4) is 11.5 Å². The molecule has 0 radical (unpaired) electrons. The molecule has 2 heterocycles. The number of rotatable bonds is 7. The van der Waals surface area contributed by atoms with Crippen LogP contribution in [-0.4, -0.2) is 50.1 Å². The average molecular weight is 441 g/mol. The first-order valence-electron chi connectivity index (χ1n) is 20.1. The quantitative estimate of drug-likeness (QED) is 0.654. The summed E-state index contributed by atoms with van der Waals surface area (Å²) in [7, 11) is -6.78. The molecule has 1 saturated heterocycles. The van der Waals surface area contributed by atoms with Gasteiger partial charge in [-0.15, -0.1) is 0 Å². The number of ether oxygens (including phenoxy) is 3. The standard InChI is InChI=1S/C24H38N2O4/c1-14(2)9-17-13-26-8-7-16-10-21(28-5)22(29-6)11-18(16)19(26)12-20(17)30-24(27)23(25)15(3)4/h10-11,14-15,17,19-20,23H,7-9,12-13,25H2,1-6H3/t17?,19?,20?,23-/m0/s1/i3D3,4D3,5D3,6D3,10D,11D,12D2,13D2,15D,17D,20D,23D. The molecule has 2 N–H and O–H groups in total. The summed E-state index contributed by atoms with van der Waals surface area (Å²) in [6.45, 7) is -9.11. The second-order valence-corrected chi connectivity index (χ2v) is 7.19. The molecule has 0 spiro atoms.